The molecule has 0 radical (unpaired) electrons. The molecule has 0 spiro atoms. The van der Waals surface area contributed by atoms with Crippen LogP contribution in [0.15, 0.2) is 57.0 Å². The molecule has 0 aliphatic rings. The molecule has 1 aromatic heterocycles. The average molecular weight is 522 g/mol. The van der Waals surface area contributed by atoms with Crippen molar-refractivity contribution in [3.63, 3.8) is 0 Å². The van der Waals surface area contributed by atoms with Gasteiger partial charge in [-0.1, -0.05) is 36.4 Å². The van der Waals surface area contributed by atoms with Crippen LogP contribution in [0.4, 0.5) is 0 Å². The van der Waals surface area contributed by atoms with Crippen molar-refractivity contribution in [2.24, 2.45) is 4.99 Å². The minimum atomic E-state index is -3.42. The number of hydrogen-bond acceptors (Lipinski definition) is 4. The van der Waals surface area contributed by atoms with Gasteiger partial charge in [-0.05, 0) is 36.8 Å². The van der Waals surface area contributed by atoms with Gasteiger partial charge in [-0.2, -0.15) is 0 Å². The molecule has 150 valence electrons. The normalized spacial score (nSPS) is 12.9. The molecule has 2 aromatic rings. The van der Waals surface area contributed by atoms with Crippen molar-refractivity contribution < 1.29 is 8.42 Å². The molecule has 1 atom stereocenters. The molecule has 6 nitrogen and oxygen atoms in total. The Kier molecular flexibility index (Phi) is 10.9. The number of guanidine groups is 1. The standard InChI is InChI=1S/C18H26N4O2S2.HI/c1-15(10-11-16-7-4-3-5-8-16)22-18(19-2)20-12-13-21-26(23,24)17-9-6-14-25-17;/h3-9,14-15,21H,10-13H2,1-2H3,(H2,19,20,22);1H. The molecule has 2 rings (SSSR count). The Labute approximate surface area is 182 Å². The number of nitrogens with one attached hydrogen (secondary N) is 3. The smallest absolute Gasteiger partial charge is 0.250 e. The zero-order valence-corrected chi connectivity index (χ0v) is 19.5. The first-order valence-electron chi connectivity index (χ1n) is 8.55. The second-order valence-corrected chi connectivity index (χ2v) is 8.84. The average Bonchev–Trinajstić information content (AvgIpc) is 3.19. The molecule has 0 fully saturated rings. The van der Waals surface area contributed by atoms with Gasteiger partial charge in [0, 0.05) is 26.2 Å². The number of aryl methyl sites for hydroxylation is 1. The van der Waals surface area contributed by atoms with Crippen molar-refractivity contribution >= 4 is 51.3 Å². The molecule has 1 heterocycles. The zero-order chi connectivity index (χ0) is 18.8. The van der Waals surface area contributed by atoms with Crippen LogP contribution < -0.4 is 15.4 Å². The van der Waals surface area contributed by atoms with E-state index in [0.717, 1.165) is 12.8 Å². The zero-order valence-electron chi connectivity index (χ0n) is 15.5. The maximum absolute atomic E-state index is 12.0. The van der Waals surface area contributed by atoms with E-state index in [1.165, 1.54) is 16.9 Å². The molecular formula is C18H27IN4O2S2. The van der Waals surface area contributed by atoms with Gasteiger partial charge < -0.3 is 10.6 Å². The highest BCUT2D eigenvalue weighted by atomic mass is 127. The van der Waals surface area contributed by atoms with Crippen molar-refractivity contribution in [1.82, 2.24) is 15.4 Å². The first-order chi connectivity index (χ1) is 12.5. The maximum Gasteiger partial charge on any atom is 0.250 e. The van der Waals surface area contributed by atoms with Crippen LogP contribution in [0.25, 0.3) is 0 Å². The van der Waals surface area contributed by atoms with Gasteiger partial charge in [0.05, 0.1) is 0 Å². The summed E-state index contributed by atoms with van der Waals surface area (Å²) >= 11 is 1.20. The fraction of sp³-hybridized carbons (Fsp3) is 0.389. The number of thiophene rings is 1. The van der Waals surface area contributed by atoms with E-state index in [1.54, 1.807) is 24.6 Å². The predicted molar refractivity (Wildman–Crippen MR) is 124 cm³/mol. The lowest BCUT2D eigenvalue weighted by atomic mass is 10.1. The summed E-state index contributed by atoms with van der Waals surface area (Å²) in [5, 5.41) is 8.20. The van der Waals surface area contributed by atoms with E-state index in [4.69, 9.17) is 0 Å². The van der Waals surface area contributed by atoms with E-state index in [1.807, 2.05) is 18.2 Å². The highest BCUT2D eigenvalue weighted by Crippen LogP contribution is 2.14. The van der Waals surface area contributed by atoms with Crippen LogP contribution in [-0.4, -0.2) is 40.6 Å². The van der Waals surface area contributed by atoms with Crippen LogP contribution in [0.1, 0.15) is 18.9 Å². The fourth-order valence-electron chi connectivity index (χ4n) is 2.38. The Balaban J connectivity index is 0.00000364. The number of hydrogen-bond donors (Lipinski definition) is 3. The fourth-order valence-corrected chi connectivity index (χ4v) is 4.45. The number of rotatable bonds is 9. The molecule has 0 saturated carbocycles. The Bertz CT molecular complexity index is 781. The summed E-state index contributed by atoms with van der Waals surface area (Å²) in [4.78, 5) is 4.19. The number of benzene rings is 1. The first-order valence-corrected chi connectivity index (χ1v) is 10.9. The first kappa shape index (κ1) is 23.9. The molecule has 9 heteroatoms. The lowest BCUT2D eigenvalue weighted by molar-refractivity contribution is 0.578. The van der Waals surface area contributed by atoms with Gasteiger partial charge in [-0.25, -0.2) is 13.1 Å². The van der Waals surface area contributed by atoms with Crippen LogP contribution in [0.2, 0.25) is 0 Å². The summed E-state index contributed by atoms with van der Waals surface area (Å²) in [6.07, 6.45) is 1.97. The molecule has 1 unspecified atom stereocenters. The summed E-state index contributed by atoms with van der Waals surface area (Å²) in [5.74, 6) is 0.667. The van der Waals surface area contributed by atoms with Crippen LogP contribution in [0.3, 0.4) is 0 Å². The van der Waals surface area contributed by atoms with E-state index in [9.17, 15) is 8.42 Å². The van der Waals surface area contributed by atoms with Crippen LogP contribution in [0.5, 0.6) is 0 Å². The molecule has 0 aliphatic heterocycles. The van der Waals surface area contributed by atoms with Crippen LogP contribution >= 0.6 is 35.3 Å². The van der Waals surface area contributed by atoms with Crippen molar-refractivity contribution in [2.75, 3.05) is 20.1 Å². The van der Waals surface area contributed by atoms with E-state index >= 15 is 0 Å². The van der Waals surface area contributed by atoms with E-state index in [-0.39, 0.29) is 30.0 Å². The van der Waals surface area contributed by atoms with Crippen molar-refractivity contribution in [2.45, 2.75) is 30.0 Å². The molecule has 1 aromatic carbocycles. The Morgan fingerprint density at radius 1 is 1.15 bits per heavy atom. The number of aliphatic imine (C=N–C) groups is 1. The minimum Gasteiger partial charge on any atom is -0.355 e. The molecule has 0 aliphatic carbocycles. The molecule has 0 saturated heterocycles. The predicted octanol–water partition coefficient (Wildman–Crippen LogP) is 2.83. The van der Waals surface area contributed by atoms with E-state index in [0.29, 0.717) is 23.3 Å². The van der Waals surface area contributed by atoms with Gasteiger partial charge in [0.2, 0.25) is 10.0 Å². The maximum atomic E-state index is 12.0. The van der Waals surface area contributed by atoms with E-state index < -0.39 is 10.0 Å². The summed E-state index contributed by atoms with van der Waals surface area (Å²) in [6.45, 7) is 2.85. The Morgan fingerprint density at radius 3 is 2.52 bits per heavy atom. The second kappa shape index (κ2) is 12.3. The Morgan fingerprint density at radius 2 is 1.89 bits per heavy atom. The van der Waals surface area contributed by atoms with Crippen molar-refractivity contribution in [3.8, 4) is 0 Å². The molecule has 0 bridgehead atoms. The van der Waals surface area contributed by atoms with Gasteiger partial charge in [0.15, 0.2) is 5.96 Å². The highest BCUT2D eigenvalue weighted by molar-refractivity contribution is 14.0. The number of nitrogens with zero attached hydrogens (tertiary/aromatic N) is 1. The Hall–Kier alpha value is -1.17. The monoisotopic (exact) mass is 522 g/mol. The quantitative estimate of drug-likeness (QED) is 0.205. The van der Waals surface area contributed by atoms with Crippen LogP contribution in [-0.2, 0) is 16.4 Å². The molecule has 27 heavy (non-hydrogen) atoms. The van der Waals surface area contributed by atoms with Crippen LogP contribution in [0, 0.1) is 0 Å². The topological polar surface area (TPSA) is 82.6 Å². The van der Waals surface area contributed by atoms with Gasteiger partial charge in [-0.15, -0.1) is 35.3 Å². The summed E-state index contributed by atoms with van der Waals surface area (Å²) in [7, 11) is -1.71. The van der Waals surface area contributed by atoms with Crippen molar-refractivity contribution in [1.29, 1.82) is 0 Å². The number of halogens is 1. The highest BCUT2D eigenvalue weighted by Gasteiger charge is 2.14. The summed E-state index contributed by atoms with van der Waals surface area (Å²) in [5.41, 5.74) is 1.31. The lowest BCUT2D eigenvalue weighted by Crippen LogP contribution is -2.44. The van der Waals surface area contributed by atoms with Gasteiger partial charge in [0.25, 0.3) is 0 Å². The summed E-state index contributed by atoms with van der Waals surface area (Å²) in [6, 6.07) is 13.9. The SMILES string of the molecule is CN=C(NCCNS(=O)(=O)c1cccs1)NC(C)CCc1ccccc1.I. The molecule has 0 amide bonds. The van der Waals surface area contributed by atoms with Gasteiger partial charge >= 0.3 is 0 Å². The molecule has 3 N–H and O–H groups in total. The third kappa shape index (κ3) is 8.58. The second-order valence-electron chi connectivity index (χ2n) is 5.90. The number of sulfonamides is 1. The van der Waals surface area contributed by atoms with Gasteiger partial charge in [0.1, 0.15) is 4.21 Å². The lowest BCUT2D eigenvalue weighted by Gasteiger charge is -2.18. The third-order valence-corrected chi connectivity index (χ3v) is 6.64. The minimum absolute atomic E-state index is 0. The third-order valence-electron chi connectivity index (χ3n) is 3.79. The molecular weight excluding hydrogens is 495 g/mol. The largest absolute Gasteiger partial charge is 0.355 e. The van der Waals surface area contributed by atoms with E-state index in [2.05, 4.69) is 39.4 Å². The van der Waals surface area contributed by atoms with Crippen molar-refractivity contribution in [3.05, 3.63) is 53.4 Å². The van der Waals surface area contributed by atoms with Gasteiger partial charge in [-0.3, -0.25) is 4.99 Å². The summed E-state index contributed by atoms with van der Waals surface area (Å²) < 4.78 is 27.0.